The van der Waals surface area contributed by atoms with Gasteiger partial charge in [-0.15, -0.1) is 0 Å². The quantitative estimate of drug-likeness (QED) is 0.485. The summed E-state index contributed by atoms with van der Waals surface area (Å²) in [6, 6.07) is 0. The third-order valence-electron chi connectivity index (χ3n) is 6.77. The summed E-state index contributed by atoms with van der Waals surface area (Å²) in [5, 5.41) is 0. The van der Waals surface area contributed by atoms with Crippen LogP contribution in [0.4, 0.5) is 0 Å². The Hall–Kier alpha value is -0.940. The first-order valence-corrected chi connectivity index (χ1v) is 7.47. The van der Waals surface area contributed by atoms with Crippen LogP contribution >= 0.6 is 0 Å². The highest BCUT2D eigenvalue weighted by molar-refractivity contribution is 6.00. The molecule has 1 spiro atoms. The molecule has 0 aromatic carbocycles. The standard InChI is InChI=1S/C15H18O5/c1-6-7-4-5-13(2)11-8(18-11)9(16)14(3)15(13,20-14)10(7)19-12(6)17/h6-8,10-11H,4-5H2,1-3H3/t6-,7-,8-,10-,11-,13-,14+,15+/m0/s1. The molecular weight excluding hydrogens is 260 g/mol. The molecule has 0 N–H and O–H groups in total. The van der Waals surface area contributed by atoms with Crippen molar-refractivity contribution in [3.05, 3.63) is 0 Å². The predicted molar refractivity (Wildman–Crippen MR) is 65.8 cm³/mol. The molecule has 2 aliphatic carbocycles. The molecule has 2 saturated carbocycles. The third kappa shape index (κ3) is 0.871. The summed E-state index contributed by atoms with van der Waals surface area (Å²) in [4.78, 5) is 24.4. The summed E-state index contributed by atoms with van der Waals surface area (Å²) >= 11 is 0. The summed E-state index contributed by atoms with van der Waals surface area (Å²) < 4.78 is 17.4. The molecule has 8 atom stereocenters. The second-order valence-electron chi connectivity index (χ2n) is 7.48. The monoisotopic (exact) mass is 278 g/mol. The van der Waals surface area contributed by atoms with E-state index in [4.69, 9.17) is 14.2 Å². The van der Waals surface area contributed by atoms with Crippen LogP contribution in [-0.2, 0) is 23.8 Å². The summed E-state index contributed by atoms with van der Waals surface area (Å²) in [6.07, 6.45) is 1.23. The highest BCUT2D eigenvalue weighted by Gasteiger charge is 2.93. The smallest absolute Gasteiger partial charge is 0.309 e. The van der Waals surface area contributed by atoms with Gasteiger partial charge in [0.2, 0.25) is 0 Å². The van der Waals surface area contributed by atoms with Crippen molar-refractivity contribution in [3.8, 4) is 0 Å². The summed E-state index contributed by atoms with van der Waals surface area (Å²) in [7, 11) is 0. The Morgan fingerprint density at radius 3 is 2.70 bits per heavy atom. The predicted octanol–water partition coefficient (Wildman–Crippen LogP) is 0.842. The van der Waals surface area contributed by atoms with E-state index in [0.717, 1.165) is 12.8 Å². The molecule has 3 saturated heterocycles. The Morgan fingerprint density at radius 2 is 1.95 bits per heavy atom. The molecule has 5 fully saturated rings. The number of Topliss-reactive ketones (excluding diaryl/α,β-unsaturated/α-hetero) is 1. The van der Waals surface area contributed by atoms with Gasteiger partial charge < -0.3 is 14.2 Å². The van der Waals surface area contributed by atoms with Crippen LogP contribution in [0.15, 0.2) is 0 Å². The van der Waals surface area contributed by atoms with Crippen molar-refractivity contribution in [2.45, 2.75) is 63.1 Å². The van der Waals surface area contributed by atoms with Crippen LogP contribution in [0.2, 0.25) is 0 Å². The molecule has 0 bridgehead atoms. The first kappa shape index (κ1) is 11.7. The molecule has 108 valence electrons. The van der Waals surface area contributed by atoms with Gasteiger partial charge in [0, 0.05) is 11.3 Å². The Kier molecular flexibility index (Phi) is 1.66. The maximum Gasteiger partial charge on any atom is 0.309 e. The van der Waals surface area contributed by atoms with Gasteiger partial charge in [-0.3, -0.25) is 9.59 Å². The first-order chi connectivity index (χ1) is 9.37. The highest BCUT2D eigenvalue weighted by atomic mass is 16.7. The van der Waals surface area contributed by atoms with Crippen LogP contribution in [0.5, 0.6) is 0 Å². The Labute approximate surface area is 116 Å². The number of esters is 1. The summed E-state index contributed by atoms with van der Waals surface area (Å²) in [6.45, 7) is 5.92. The van der Waals surface area contributed by atoms with Gasteiger partial charge in [-0.25, -0.2) is 0 Å². The maximum atomic E-state index is 12.5. The molecule has 3 aliphatic heterocycles. The number of epoxide rings is 2. The normalized spacial score (nSPS) is 65.7. The van der Waals surface area contributed by atoms with Crippen molar-refractivity contribution in [2.75, 3.05) is 0 Å². The van der Waals surface area contributed by atoms with Crippen molar-refractivity contribution in [2.24, 2.45) is 17.3 Å². The van der Waals surface area contributed by atoms with Gasteiger partial charge in [-0.1, -0.05) is 13.8 Å². The average molecular weight is 278 g/mol. The van der Waals surface area contributed by atoms with Gasteiger partial charge in [0.15, 0.2) is 17.0 Å². The first-order valence-electron chi connectivity index (χ1n) is 7.47. The van der Waals surface area contributed by atoms with Crippen LogP contribution in [0.3, 0.4) is 0 Å². The van der Waals surface area contributed by atoms with Gasteiger partial charge in [-0.2, -0.15) is 0 Å². The fourth-order valence-electron chi connectivity index (χ4n) is 5.46. The van der Waals surface area contributed by atoms with E-state index in [9.17, 15) is 9.59 Å². The second kappa shape index (κ2) is 2.83. The minimum atomic E-state index is -0.826. The SMILES string of the molecule is C[C@@H]1C(=O)O[C@H]2[C@H]1CC[C@@]1(C)[C@H]3O[C@H]3C(=O)[C@@]3(C)O[C@]213. The van der Waals surface area contributed by atoms with E-state index in [1.165, 1.54) is 0 Å². The largest absolute Gasteiger partial charge is 0.459 e. The molecule has 0 radical (unpaired) electrons. The minimum Gasteiger partial charge on any atom is -0.459 e. The van der Waals surface area contributed by atoms with Crippen molar-refractivity contribution < 1.29 is 23.8 Å². The number of fused-ring (bicyclic) bond motifs is 3. The molecule has 5 heteroatoms. The van der Waals surface area contributed by atoms with Crippen molar-refractivity contribution in [1.29, 1.82) is 0 Å². The van der Waals surface area contributed by atoms with Gasteiger partial charge in [0.1, 0.15) is 18.3 Å². The molecule has 5 aliphatic rings. The lowest BCUT2D eigenvalue weighted by atomic mass is 9.53. The van der Waals surface area contributed by atoms with Crippen molar-refractivity contribution in [1.82, 2.24) is 0 Å². The van der Waals surface area contributed by atoms with Crippen molar-refractivity contribution in [3.63, 3.8) is 0 Å². The van der Waals surface area contributed by atoms with Crippen LogP contribution < -0.4 is 0 Å². The molecule has 0 aromatic rings. The molecule has 3 heterocycles. The Morgan fingerprint density at radius 1 is 1.20 bits per heavy atom. The zero-order valence-electron chi connectivity index (χ0n) is 11.8. The Bertz CT molecular complexity index is 573. The summed E-state index contributed by atoms with van der Waals surface area (Å²) in [5.74, 6) is -0.0418. The number of carbonyl (C=O) groups is 2. The number of ketones is 1. The van der Waals surface area contributed by atoms with Crippen LogP contribution in [0.25, 0.3) is 0 Å². The molecule has 0 unspecified atom stereocenters. The lowest BCUT2D eigenvalue weighted by Gasteiger charge is -2.47. The van der Waals surface area contributed by atoms with E-state index in [2.05, 4.69) is 6.92 Å². The van der Waals surface area contributed by atoms with Gasteiger partial charge in [-0.05, 0) is 19.8 Å². The van der Waals surface area contributed by atoms with Crippen molar-refractivity contribution >= 4 is 11.8 Å². The Balaban J connectivity index is 1.67. The van der Waals surface area contributed by atoms with Crippen LogP contribution in [-0.4, -0.2) is 41.3 Å². The highest BCUT2D eigenvalue weighted by Crippen LogP contribution is 2.75. The number of hydrogen-bond acceptors (Lipinski definition) is 5. The molecule has 0 amide bonds. The van der Waals surface area contributed by atoms with Crippen LogP contribution in [0, 0.1) is 17.3 Å². The number of carbonyl (C=O) groups excluding carboxylic acids is 2. The topological polar surface area (TPSA) is 68.4 Å². The minimum absolute atomic E-state index is 0.0382. The average Bonchev–Trinajstić information content (AvgIpc) is 3.27. The van der Waals surface area contributed by atoms with E-state index in [-0.39, 0.29) is 47.3 Å². The third-order valence-corrected chi connectivity index (χ3v) is 6.77. The van der Waals surface area contributed by atoms with Gasteiger partial charge in [0.05, 0.1) is 5.92 Å². The van der Waals surface area contributed by atoms with Crippen LogP contribution in [0.1, 0.15) is 33.6 Å². The zero-order valence-corrected chi connectivity index (χ0v) is 11.8. The lowest BCUT2D eigenvalue weighted by Crippen LogP contribution is -2.62. The van der Waals surface area contributed by atoms with E-state index in [1.807, 2.05) is 13.8 Å². The molecule has 0 aromatic heterocycles. The molecule has 5 rings (SSSR count). The van der Waals surface area contributed by atoms with Gasteiger partial charge >= 0.3 is 5.97 Å². The van der Waals surface area contributed by atoms with E-state index in [0.29, 0.717) is 0 Å². The number of rotatable bonds is 0. The lowest BCUT2D eigenvalue weighted by molar-refractivity contribution is -0.151. The zero-order chi connectivity index (χ0) is 14.1. The van der Waals surface area contributed by atoms with Gasteiger partial charge in [0.25, 0.3) is 0 Å². The molecule has 20 heavy (non-hydrogen) atoms. The molecular formula is C15H18O5. The van der Waals surface area contributed by atoms with E-state index >= 15 is 0 Å². The fourth-order valence-corrected chi connectivity index (χ4v) is 5.46. The second-order valence-corrected chi connectivity index (χ2v) is 7.48. The molecule has 5 nitrogen and oxygen atoms in total. The summed E-state index contributed by atoms with van der Waals surface area (Å²) in [5.41, 5.74) is -1.70. The fraction of sp³-hybridized carbons (Fsp3) is 0.867. The van der Waals surface area contributed by atoms with E-state index < -0.39 is 11.2 Å². The number of ether oxygens (including phenoxy) is 3. The maximum absolute atomic E-state index is 12.5. The number of hydrogen-bond donors (Lipinski definition) is 0. The van der Waals surface area contributed by atoms with E-state index in [1.54, 1.807) is 0 Å².